The van der Waals surface area contributed by atoms with E-state index in [9.17, 15) is 0 Å². The maximum absolute atomic E-state index is 5.90. The molecule has 1 saturated heterocycles. The van der Waals surface area contributed by atoms with E-state index < -0.39 is 0 Å². The molecule has 4 aromatic rings. The van der Waals surface area contributed by atoms with Crippen molar-refractivity contribution < 1.29 is 4.42 Å². The lowest BCUT2D eigenvalue weighted by Gasteiger charge is -2.26. The summed E-state index contributed by atoms with van der Waals surface area (Å²) in [5.41, 5.74) is 2.05. The SMILES string of the molecule is Cc1oc(-c2cccs2)nc1CSc1nnc(CN2CCCCC2)n1-c1ccccc1. The predicted molar refractivity (Wildman–Crippen MR) is 125 cm³/mol. The number of hydrogen-bond acceptors (Lipinski definition) is 7. The van der Waals surface area contributed by atoms with Crippen molar-refractivity contribution in [3.63, 3.8) is 0 Å². The van der Waals surface area contributed by atoms with Crippen molar-refractivity contribution in [3.05, 3.63) is 65.1 Å². The number of thioether (sulfide) groups is 1. The summed E-state index contributed by atoms with van der Waals surface area (Å²) < 4.78 is 8.09. The highest BCUT2D eigenvalue weighted by Gasteiger charge is 2.20. The molecule has 1 aliphatic heterocycles. The number of rotatable bonds is 7. The molecule has 0 spiro atoms. The van der Waals surface area contributed by atoms with Gasteiger partial charge in [0.15, 0.2) is 11.0 Å². The minimum absolute atomic E-state index is 0.690. The average Bonchev–Trinajstić information content (AvgIpc) is 3.54. The van der Waals surface area contributed by atoms with Crippen LogP contribution in [-0.4, -0.2) is 37.7 Å². The second-order valence-electron chi connectivity index (χ2n) is 7.69. The Kier molecular flexibility index (Phi) is 6.20. The number of aromatic nitrogens is 4. The van der Waals surface area contributed by atoms with Gasteiger partial charge in [0.1, 0.15) is 5.76 Å². The van der Waals surface area contributed by atoms with Crippen LogP contribution in [0.2, 0.25) is 0 Å². The van der Waals surface area contributed by atoms with E-state index in [1.165, 1.54) is 19.3 Å². The molecule has 160 valence electrons. The molecule has 0 radical (unpaired) electrons. The molecule has 0 atom stereocenters. The van der Waals surface area contributed by atoms with E-state index >= 15 is 0 Å². The van der Waals surface area contributed by atoms with Crippen molar-refractivity contribution in [2.45, 2.75) is 43.6 Å². The quantitative estimate of drug-likeness (QED) is 0.342. The highest BCUT2D eigenvalue weighted by molar-refractivity contribution is 7.98. The van der Waals surface area contributed by atoms with Crippen LogP contribution in [-0.2, 0) is 12.3 Å². The Morgan fingerprint density at radius 3 is 2.65 bits per heavy atom. The number of thiophene rings is 1. The summed E-state index contributed by atoms with van der Waals surface area (Å²) in [4.78, 5) is 8.26. The van der Waals surface area contributed by atoms with Crippen LogP contribution in [0.25, 0.3) is 16.5 Å². The summed E-state index contributed by atoms with van der Waals surface area (Å²) in [5.74, 6) is 3.23. The third-order valence-corrected chi connectivity index (χ3v) is 7.29. The molecule has 0 bridgehead atoms. The van der Waals surface area contributed by atoms with E-state index in [0.717, 1.165) is 52.6 Å². The third-order valence-electron chi connectivity index (χ3n) is 5.49. The van der Waals surface area contributed by atoms with Crippen LogP contribution in [0.1, 0.15) is 36.5 Å². The van der Waals surface area contributed by atoms with Crippen LogP contribution in [0.4, 0.5) is 0 Å². The first-order chi connectivity index (χ1) is 15.3. The van der Waals surface area contributed by atoms with Gasteiger partial charge in [-0.1, -0.05) is 42.4 Å². The second-order valence-corrected chi connectivity index (χ2v) is 9.58. The molecule has 0 amide bonds. The van der Waals surface area contributed by atoms with Crippen LogP contribution in [0, 0.1) is 6.92 Å². The van der Waals surface area contributed by atoms with Crippen molar-refractivity contribution in [2.75, 3.05) is 13.1 Å². The molecular formula is C23H25N5OS2. The van der Waals surface area contributed by atoms with E-state index in [-0.39, 0.29) is 0 Å². The van der Waals surface area contributed by atoms with Gasteiger partial charge >= 0.3 is 0 Å². The molecular weight excluding hydrogens is 426 g/mol. The van der Waals surface area contributed by atoms with Crippen LogP contribution >= 0.6 is 23.1 Å². The lowest BCUT2D eigenvalue weighted by Crippen LogP contribution is -2.30. The number of likely N-dealkylation sites (tertiary alicyclic amines) is 1. The molecule has 4 heterocycles. The molecule has 0 aliphatic carbocycles. The van der Waals surface area contributed by atoms with Crippen LogP contribution in [0.5, 0.6) is 0 Å². The highest BCUT2D eigenvalue weighted by atomic mass is 32.2. The number of para-hydroxylation sites is 1. The zero-order chi connectivity index (χ0) is 21.0. The minimum atomic E-state index is 0.690. The first-order valence-electron chi connectivity index (χ1n) is 10.6. The Balaban J connectivity index is 1.39. The van der Waals surface area contributed by atoms with Crippen molar-refractivity contribution in [1.82, 2.24) is 24.6 Å². The fourth-order valence-corrected chi connectivity index (χ4v) is 5.47. The molecule has 8 heteroatoms. The zero-order valence-corrected chi connectivity index (χ0v) is 19.2. The fraction of sp³-hybridized carbons (Fsp3) is 0.348. The van der Waals surface area contributed by atoms with Gasteiger partial charge in [-0.05, 0) is 56.4 Å². The first-order valence-corrected chi connectivity index (χ1v) is 12.5. The third kappa shape index (κ3) is 4.61. The van der Waals surface area contributed by atoms with Gasteiger partial charge in [-0.25, -0.2) is 4.98 Å². The van der Waals surface area contributed by atoms with Crippen molar-refractivity contribution in [2.24, 2.45) is 0 Å². The van der Waals surface area contributed by atoms with Crippen molar-refractivity contribution in [1.29, 1.82) is 0 Å². The smallest absolute Gasteiger partial charge is 0.236 e. The number of piperidine rings is 1. The molecule has 5 rings (SSSR count). The summed E-state index contributed by atoms with van der Waals surface area (Å²) >= 11 is 3.29. The summed E-state index contributed by atoms with van der Waals surface area (Å²) in [5, 5.41) is 12.1. The van der Waals surface area contributed by atoms with E-state index in [4.69, 9.17) is 9.40 Å². The van der Waals surface area contributed by atoms with E-state index in [0.29, 0.717) is 11.6 Å². The molecule has 0 N–H and O–H groups in total. The average molecular weight is 452 g/mol. The van der Waals surface area contributed by atoms with Crippen LogP contribution in [0.15, 0.2) is 57.4 Å². The van der Waals surface area contributed by atoms with Gasteiger partial charge in [0.25, 0.3) is 0 Å². The Morgan fingerprint density at radius 2 is 1.87 bits per heavy atom. The van der Waals surface area contributed by atoms with E-state index in [1.807, 2.05) is 30.5 Å². The molecule has 6 nitrogen and oxygen atoms in total. The Hall–Kier alpha value is -2.42. The molecule has 1 fully saturated rings. The summed E-state index contributed by atoms with van der Waals surface area (Å²) in [6, 6.07) is 14.4. The second kappa shape index (κ2) is 9.38. The van der Waals surface area contributed by atoms with Gasteiger partial charge in [0, 0.05) is 11.4 Å². The molecule has 3 aromatic heterocycles. The predicted octanol–water partition coefficient (Wildman–Crippen LogP) is 5.57. The first kappa shape index (κ1) is 20.5. The van der Waals surface area contributed by atoms with Crippen molar-refractivity contribution in [3.8, 4) is 16.5 Å². The van der Waals surface area contributed by atoms with Crippen LogP contribution in [0.3, 0.4) is 0 Å². The Morgan fingerprint density at radius 1 is 1.03 bits per heavy atom. The monoisotopic (exact) mass is 451 g/mol. The zero-order valence-electron chi connectivity index (χ0n) is 17.5. The lowest BCUT2D eigenvalue weighted by molar-refractivity contribution is 0.214. The molecule has 0 unspecified atom stereocenters. The van der Waals surface area contributed by atoms with Gasteiger partial charge in [-0.3, -0.25) is 9.47 Å². The number of nitrogens with zero attached hydrogens (tertiary/aromatic N) is 5. The van der Waals surface area contributed by atoms with Crippen LogP contribution < -0.4 is 0 Å². The number of hydrogen-bond donors (Lipinski definition) is 0. The largest absolute Gasteiger partial charge is 0.440 e. The topological polar surface area (TPSA) is 60.0 Å². The van der Waals surface area contributed by atoms with E-state index in [1.54, 1.807) is 23.1 Å². The Bertz CT molecular complexity index is 1110. The summed E-state index contributed by atoms with van der Waals surface area (Å²) in [6.07, 6.45) is 3.85. The van der Waals surface area contributed by atoms with Gasteiger partial charge in [-0.15, -0.1) is 21.5 Å². The maximum atomic E-state index is 5.90. The number of benzene rings is 1. The van der Waals surface area contributed by atoms with Gasteiger partial charge in [0.2, 0.25) is 5.89 Å². The molecule has 1 aromatic carbocycles. The molecule has 31 heavy (non-hydrogen) atoms. The fourth-order valence-electron chi connectivity index (χ4n) is 3.85. The lowest BCUT2D eigenvalue weighted by atomic mass is 10.1. The Labute approximate surface area is 190 Å². The normalized spacial score (nSPS) is 14.9. The van der Waals surface area contributed by atoms with E-state index in [2.05, 4.69) is 43.9 Å². The van der Waals surface area contributed by atoms with Crippen molar-refractivity contribution >= 4 is 23.1 Å². The maximum Gasteiger partial charge on any atom is 0.236 e. The summed E-state index contributed by atoms with van der Waals surface area (Å²) in [6.45, 7) is 5.07. The molecule has 1 aliphatic rings. The number of oxazole rings is 1. The summed E-state index contributed by atoms with van der Waals surface area (Å²) in [7, 11) is 0. The standard InChI is InChI=1S/C23H25N5OS2/c1-17-19(24-22(29-17)20-11-8-14-30-20)16-31-23-26-25-21(15-27-12-6-3-7-13-27)28(23)18-9-4-2-5-10-18/h2,4-5,8-11,14H,3,6-7,12-13,15-16H2,1H3. The van der Waals surface area contributed by atoms with Gasteiger partial charge < -0.3 is 4.42 Å². The van der Waals surface area contributed by atoms with Gasteiger partial charge in [-0.2, -0.15) is 0 Å². The molecule has 0 saturated carbocycles. The number of aryl methyl sites for hydroxylation is 1. The highest BCUT2D eigenvalue weighted by Crippen LogP contribution is 2.30. The minimum Gasteiger partial charge on any atom is -0.440 e. The van der Waals surface area contributed by atoms with Gasteiger partial charge in [0.05, 0.1) is 17.1 Å².